The number of ketones is 1. The zero-order chi connectivity index (χ0) is 21.6. The molecule has 0 heterocycles. The molecule has 0 spiro atoms. The molecule has 0 bridgehead atoms. The van der Waals surface area contributed by atoms with Gasteiger partial charge >= 0.3 is 0 Å². The SMILES string of the molecule is CCCCCCCCOc1ccc(-c2ccc(C(=O)C(C)OCCCC)cc2)cc1. The first-order valence-corrected chi connectivity index (χ1v) is 11.6. The number of carbonyl (C=O) groups excluding carboxylic acids is 1. The smallest absolute Gasteiger partial charge is 0.191 e. The first kappa shape index (κ1) is 24.1. The zero-order valence-corrected chi connectivity index (χ0v) is 19.0. The van der Waals surface area contributed by atoms with Gasteiger partial charge in [0.2, 0.25) is 0 Å². The largest absolute Gasteiger partial charge is 0.494 e. The molecule has 0 saturated carbocycles. The summed E-state index contributed by atoms with van der Waals surface area (Å²) in [6, 6.07) is 16.0. The summed E-state index contributed by atoms with van der Waals surface area (Å²) in [5, 5.41) is 0. The summed E-state index contributed by atoms with van der Waals surface area (Å²) in [5.74, 6) is 0.952. The van der Waals surface area contributed by atoms with Gasteiger partial charge in [-0.2, -0.15) is 0 Å². The van der Waals surface area contributed by atoms with Gasteiger partial charge in [0.05, 0.1) is 6.61 Å². The molecule has 0 saturated heterocycles. The van der Waals surface area contributed by atoms with Crippen LogP contribution in [0.5, 0.6) is 5.75 Å². The van der Waals surface area contributed by atoms with E-state index in [0.717, 1.165) is 42.7 Å². The van der Waals surface area contributed by atoms with Gasteiger partial charge in [-0.3, -0.25) is 4.79 Å². The van der Waals surface area contributed by atoms with Crippen molar-refractivity contribution in [3.05, 3.63) is 54.1 Å². The molecule has 0 N–H and O–H groups in total. The Kier molecular flexibility index (Phi) is 11.2. The van der Waals surface area contributed by atoms with E-state index in [9.17, 15) is 4.79 Å². The minimum atomic E-state index is -0.398. The van der Waals surface area contributed by atoms with Gasteiger partial charge in [-0.15, -0.1) is 0 Å². The Balaban J connectivity index is 1.81. The third-order valence-electron chi connectivity index (χ3n) is 5.36. The van der Waals surface area contributed by atoms with Crippen molar-refractivity contribution in [3.8, 4) is 16.9 Å². The van der Waals surface area contributed by atoms with Crippen LogP contribution in [0.4, 0.5) is 0 Å². The van der Waals surface area contributed by atoms with E-state index in [0.29, 0.717) is 12.2 Å². The molecule has 0 amide bonds. The Morgan fingerprint density at radius 2 is 1.30 bits per heavy atom. The lowest BCUT2D eigenvalue weighted by molar-refractivity contribution is 0.0468. The maximum atomic E-state index is 12.5. The molecule has 2 rings (SSSR count). The van der Waals surface area contributed by atoms with E-state index in [1.54, 1.807) is 0 Å². The average molecular weight is 411 g/mol. The fourth-order valence-electron chi connectivity index (χ4n) is 3.36. The van der Waals surface area contributed by atoms with Crippen LogP contribution in [0.2, 0.25) is 0 Å². The highest BCUT2D eigenvalue weighted by Gasteiger charge is 2.15. The molecular weight excluding hydrogens is 372 g/mol. The molecule has 1 unspecified atom stereocenters. The fraction of sp³-hybridized carbons (Fsp3) is 0.519. The van der Waals surface area contributed by atoms with Gasteiger partial charge in [0.1, 0.15) is 11.9 Å². The van der Waals surface area contributed by atoms with Crippen LogP contribution in [0.3, 0.4) is 0 Å². The third kappa shape index (κ3) is 8.31. The molecule has 3 heteroatoms. The standard InChI is InChI=1S/C27H38O3/c1-4-6-8-9-10-11-21-30-26-18-16-24(17-19-26)23-12-14-25(15-13-23)27(28)22(3)29-20-7-5-2/h12-19,22H,4-11,20-21H2,1-3H3. The number of carbonyl (C=O) groups is 1. The third-order valence-corrected chi connectivity index (χ3v) is 5.36. The Labute approximate surface area is 182 Å². The second-order valence-corrected chi connectivity index (χ2v) is 7.95. The first-order chi connectivity index (χ1) is 14.7. The number of rotatable bonds is 15. The Bertz CT molecular complexity index is 719. The van der Waals surface area contributed by atoms with E-state index in [1.807, 2.05) is 43.3 Å². The highest BCUT2D eigenvalue weighted by molar-refractivity contribution is 5.99. The summed E-state index contributed by atoms with van der Waals surface area (Å²) < 4.78 is 11.5. The Morgan fingerprint density at radius 3 is 1.93 bits per heavy atom. The molecule has 0 aromatic heterocycles. The van der Waals surface area contributed by atoms with Crippen molar-refractivity contribution in [2.24, 2.45) is 0 Å². The van der Waals surface area contributed by atoms with E-state index >= 15 is 0 Å². The number of ether oxygens (including phenoxy) is 2. The second-order valence-electron chi connectivity index (χ2n) is 7.95. The Morgan fingerprint density at radius 1 is 0.733 bits per heavy atom. The molecule has 0 aliphatic rings. The number of Topliss-reactive ketones (excluding diaryl/α,β-unsaturated/α-hetero) is 1. The van der Waals surface area contributed by atoms with Gasteiger partial charge in [-0.1, -0.05) is 88.8 Å². The lowest BCUT2D eigenvalue weighted by atomic mass is 10.0. The summed E-state index contributed by atoms with van der Waals surface area (Å²) in [5.41, 5.74) is 2.91. The summed E-state index contributed by atoms with van der Waals surface area (Å²) in [6.45, 7) is 7.60. The predicted octanol–water partition coefficient (Wildman–Crippen LogP) is 7.48. The van der Waals surface area contributed by atoms with Crippen LogP contribution < -0.4 is 4.74 Å². The fourth-order valence-corrected chi connectivity index (χ4v) is 3.36. The molecule has 164 valence electrons. The quantitative estimate of drug-likeness (QED) is 0.225. The molecule has 30 heavy (non-hydrogen) atoms. The van der Waals surface area contributed by atoms with E-state index < -0.39 is 6.10 Å². The molecule has 2 aromatic rings. The molecule has 0 aliphatic heterocycles. The van der Waals surface area contributed by atoms with Crippen LogP contribution >= 0.6 is 0 Å². The van der Waals surface area contributed by atoms with Crippen molar-refractivity contribution in [1.82, 2.24) is 0 Å². The van der Waals surface area contributed by atoms with Crippen LogP contribution in [0.1, 0.15) is 82.5 Å². The van der Waals surface area contributed by atoms with Crippen molar-refractivity contribution in [2.45, 2.75) is 78.2 Å². The number of hydrogen-bond acceptors (Lipinski definition) is 3. The minimum absolute atomic E-state index is 0.0381. The maximum Gasteiger partial charge on any atom is 0.191 e. The van der Waals surface area contributed by atoms with Crippen LogP contribution in [0, 0.1) is 0 Å². The van der Waals surface area contributed by atoms with Gasteiger partial charge in [0.15, 0.2) is 5.78 Å². The van der Waals surface area contributed by atoms with Gasteiger partial charge in [-0.25, -0.2) is 0 Å². The summed E-state index contributed by atoms with van der Waals surface area (Å²) >= 11 is 0. The van der Waals surface area contributed by atoms with E-state index in [-0.39, 0.29) is 5.78 Å². The van der Waals surface area contributed by atoms with Crippen molar-refractivity contribution in [2.75, 3.05) is 13.2 Å². The van der Waals surface area contributed by atoms with Gasteiger partial charge in [-0.05, 0) is 43.0 Å². The zero-order valence-electron chi connectivity index (χ0n) is 19.0. The van der Waals surface area contributed by atoms with E-state index in [2.05, 4.69) is 26.0 Å². The first-order valence-electron chi connectivity index (χ1n) is 11.6. The molecule has 3 nitrogen and oxygen atoms in total. The van der Waals surface area contributed by atoms with E-state index in [4.69, 9.17) is 9.47 Å². The normalized spacial score (nSPS) is 12.0. The van der Waals surface area contributed by atoms with Gasteiger partial charge in [0.25, 0.3) is 0 Å². The van der Waals surface area contributed by atoms with Crippen molar-refractivity contribution in [1.29, 1.82) is 0 Å². The molecule has 0 fully saturated rings. The molecular formula is C27H38O3. The lowest BCUT2D eigenvalue weighted by Crippen LogP contribution is -2.21. The number of hydrogen-bond donors (Lipinski definition) is 0. The van der Waals surface area contributed by atoms with Crippen LogP contribution in [-0.4, -0.2) is 25.1 Å². The summed E-state index contributed by atoms with van der Waals surface area (Å²) in [4.78, 5) is 12.5. The maximum absolute atomic E-state index is 12.5. The van der Waals surface area contributed by atoms with Crippen molar-refractivity contribution in [3.63, 3.8) is 0 Å². The second kappa shape index (κ2) is 14.0. The molecule has 0 aliphatic carbocycles. The van der Waals surface area contributed by atoms with E-state index in [1.165, 1.54) is 32.1 Å². The van der Waals surface area contributed by atoms with Crippen LogP contribution in [0.15, 0.2) is 48.5 Å². The van der Waals surface area contributed by atoms with Crippen molar-refractivity contribution >= 4 is 5.78 Å². The average Bonchev–Trinajstić information content (AvgIpc) is 2.78. The summed E-state index contributed by atoms with van der Waals surface area (Å²) in [7, 11) is 0. The molecule has 1 atom stereocenters. The Hall–Kier alpha value is -2.13. The highest BCUT2D eigenvalue weighted by atomic mass is 16.5. The molecule has 0 radical (unpaired) electrons. The number of unbranched alkanes of at least 4 members (excludes halogenated alkanes) is 6. The van der Waals surface area contributed by atoms with Crippen LogP contribution in [0.25, 0.3) is 11.1 Å². The lowest BCUT2D eigenvalue weighted by Gasteiger charge is -2.12. The monoisotopic (exact) mass is 410 g/mol. The highest BCUT2D eigenvalue weighted by Crippen LogP contribution is 2.23. The van der Waals surface area contributed by atoms with Gasteiger partial charge in [0, 0.05) is 12.2 Å². The minimum Gasteiger partial charge on any atom is -0.494 e. The topological polar surface area (TPSA) is 35.5 Å². The predicted molar refractivity (Wildman–Crippen MR) is 125 cm³/mol. The van der Waals surface area contributed by atoms with Gasteiger partial charge < -0.3 is 9.47 Å². The molecule has 2 aromatic carbocycles. The number of benzene rings is 2. The summed E-state index contributed by atoms with van der Waals surface area (Å²) in [6.07, 6.45) is 9.27. The van der Waals surface area contributed by atoms with Crippen LogP contribution in [-0.2, 0) is 4.74 Å². The van der Waals surface area contributed by atoms with Crippen molar-refractivity contribution < 1.29 is 14.3 Å².